The molecule has 0 aliphatic carbocycles. The van der Waals surface area contributed by atoms with Crippen LogP contribution in [0, 0.1) is 0 Å². The van der Waals surface area contributed by atoms with Gasteiger partial charge in [-0.3, -0.25) is 9.59 Å². The summed E-state index contributed by atoms with van der Waals surface area (Å²) in [6.07, 6.45) is 1.95. The quantitative estimate of drug-likeness (QED) is 0.912. The second-order valence-electron chi connectivity index (χ2n) is 5.78. The van der Waals surface area contributed by atoms with Crippen LogP contribution in [-0.4, -0.2) is 17.9 Å². The molecule has 118 valence electrons. The maximum Gasteiger partial charge on any atom is 0.243 e. The molecule has 1 aliphatic heterocycles. The highest BCUT2D eigenvalue weighted by Gasteiger charge is 2.27. The Labute approximate surface area is 135 Å². The summed E-state index contributed by atoms with van der Waals surface area (Å²) in [5.41, 5.74) is 2.04. The van der Waals surface area contributed by atoms with Gasteiger partial charge in [-0.1, -0.05) is 60.7 Å². The smallest absolute Gasteiger partial charge is 0.243 e. The number of nitrogens with one attached hydrogen (secondary N) is 2. The monoisotopic (exact) mass is 308 g/mol. The molecule has 1 heterocycles. The molecule has 0 radical (unpaired) electrons. The Kier molecular flexibility index (Phi) is 4.71. The van der Waals surface area contributed by atoms with Crippen LogP contribution in [0.15, 0.2) is 60.7 Å². The Morgan fingerprint density at radius 2 is 1.57 bits per heavy atom. The van der Waals surface area contributed by atoms with Crippen molar-refractivity contribution < 1.29 is 9.59 Å². The zero-order valence-electron chi connectivity index (χ0n) is 12.9. The molecule has 4 heteroatoms. The van der Waals surface area contributed by atoms with E-state index in [0.29, 0.717) is 12.8 Å². The maximum absolute atomic E-state index is 12.6. The van der Waals surface area contributed by atoms with Crippen LogP contribution in [0.2, 0.25) is 0 Å². The number of piperidine rings is 1. The van der Waals surface area contributed by atoms with Gasteiger partial charge >= 0.3 is 0 Å². The lowest BCUT2D eigenvalue weighted by atomic mass is 9.97. The Morgan fingerprint density at radius 3 is 2.09 bits per heavy atom. The normalized spacial score (nSPS) is 17.6. The van der Waals surface area contributed by atoms with E-state index in [1.54, 1.807) is 0 Å². The minimum atomic E-state index is -0.439. The second kappa shape index (κ2) is 7.09. The number of hydrogen-bond donors (Lipinski definition) is 2. The third-order valence-corrected chi connectivity index (χ3v) is 4.10. The van der Waals surface area contributed by atoms with Gasteiger partial charge < -0.3 is 10.6 Å². The van der Waals surface area contributed by atoms with Crippen molar-refractivity contribution >= 4 is 11.8 Å². The molecule has 4 nitrogen and oxygen atoms in total. The van der Waals surface area contributed by atoms with E-state index in [1.807, 2.05) is 60.7 Å². The van der Waals surface area contributed by atoms with Crippen molar-refractivity contribution in [1.29, 1.82) is 0 Å². The van der Waals surface area contributed by atoms with E-state index >= 15 is 0 Å². The van der Waals surface area contributed by atoms with Gasteiger partial charge in [-0.15, -0.1) is 0 Å². The molecule has 2 aromatic rings. The highest BCUT2D eigenvalue weighted by atomic mass is 16.2. The zero-order valence-corrected chi connectivity index (χ0v) is 12.9. The molecule has 1 fully saturated rings. The third-order valence-electron chi connectivity index (χ3n) is 4.10. The molecular formula is C19H20N2O2. The molecule has 2 N–H and O–H groups in total. The molecule has 23 heavy (non-hydrogen) atoms. The van der Waals surface area contributed by atoms with Gasteiger partial charge in [0.05, 0.1) is 6.04 Å². The molecule has 1 atom stereocenters. The minimum absolute atomic E-state index is 0.0487. The lowest BCUT2D eigenvalue weighted by molar-refractivity contribution is -0.131. The van der Waals surface area contributed by atoms with E-state index in [-0.39, 0.29) is 17.9 Å². The van der Waals surface area contributed by atoms with E-state index in [2.05, 4.69) is 10.6 Å². The molecule has 2 aromatic carbocycles. The summed E-state index contributed by atoms with van der Waals surface area (Å²) in [7, 11) is 0. The average molecular weight is 308 g/mol. The van der Waals surface area contributed by atoms with Gasteiger partial charge in [0, 0.05) is 6.42 Å². The van der Waals surface area contributed by atoms with Gasteiger partial charge in [0.15, 0.2) is 0 Å². The van der Waals surface area contributed by atoms with E-state index in [1.165, 1.54) is 0 Å². The number of rotatable bonds is 4. The highest BCUT2D eigenvalue weighted by Crippen LogP contribution is 2.22. The number of hydrogen-bond acceptors (Lipinski definition) is 2. The minimum Gasteiger partial charge on any atom is -0.344 e. The second-order valence-corrected chi connectivity index (χ2v) is 5.78. The lowest BCUT2D eigenvalue weighted by Gasteiger charge is -2.26. The number of carbonyl (C=O) groups is 2. The van der Waals surface area contributed by atoms with Crippen LogP contribution in [0.25, 0.3) is 0 Å². The fourth-order valence-corrected chi connectivity index (χ4v) is 2.89. The van der Waals surface area contributed by atoms with E-state index < -0.39 is 6.04 Å². The molecule has 1 saturated heterocycles. The first-order valence-electron chi connectivity index (χ1n) is 7.93. The van der Waals surface area contributed by atoms with Gasteiger partial charge in [0.1, 0.15) is 6.04 Å². The maximum atomic E-state index is 12.6. The largest absolute Gasteiger partial charge is 0.344 e. The summed E-state index contributed by atoms with van der Waals surface area (Å²) >= 11 is 0. The Balaban J connectivity index is 1.82. The van der Waals surface area contributed by atoms with Crippen LogP contribution in [0.3, 0.4) is 0 Å². The molecule has 0 unspecified atom stereocenters. The standard InChI is InChI=1S/C19H20N2O2/c22-17-13-7-12-16(20-17)19(23)21-18(14-8-3-1-4-9-14)15-10-5-2-6-11-15/h1-6,8-11,16,18H,7,12-13H2,(H,20,22)(H,21,23)/t16-/m1/s1. The predicted molar refractivity (Wildman–Crippen MR) is 88.7 cm³/mol. The molecule has 0 saturated carbocycles. The van der Waals surface area contributed by atoms with Crippen molar-refractivity contribution in [3.05, 3.63) is 71.8 Å². The van der Waals surface area contributed by atoms with Gasteiger partial charge in [0.2, 0.25) is 11.8 Å². The van der Waals surface area contributed by atoms with Crippen LogP contribution >= 0.6 is 0 Å². The fraction of sp³-hybridized carbons (Fsp3) is 0.263. The fourth-order valence-electron chi connectivity index (χ4n) is 2.89. The lowest BCUT2D eigenvalue weighted by Crippen LogP contribution is -2.49. The molecule has 3 rings (SSSR count). The van der Waals surface area contributed by atoms with Gasteiger partial charge in [-0.2, -0.15) is 0 Å². The average Bonchev–Trinajstić information content (AvgIpc) is 2.61. The van der Waals surface area contributed by atoms with Crippen LogP contribution in [0.5, 0.6) is 0 Å². The van der Waals surface area contributed by atoms with E-state index in [9.17, 15) is 9.59 Å². The van der Waals surface area contributed by atoms with Crippen molar-refractivity contribution in [3.8, 4) is 0 Å². The Hall–Kier alpha value is -2.62. The first-order valence-corrected chi connectivity index (χ1v) is 7.93. The van der Waals surface area contributed by atoms with Gasteiger partial charge in [-0.25, -0.2) is 0 Å². The molecule has 2 amide bonds. The highest BCUT2D eigenvalue weighted by molar-refractivity contribution is 5.89. The Morgan fingerprint density at radius 1 is 1.00 bits per heavy atom. The summed E-state index contributed by atoms with van der Waals surface area (Å²) in [4.78, 5) is 24.1. The molecule has 0 spiro atoms. The van der Waals surface area contributed by atoms with Crippen LogP contribution in [0.4, 0.5) is 0 Å². The molecular weight excluding hydrogens is 288 g/mol. The first-order chi connectivity index (χ1) is 11.2. The van der Waals surface area contributed by atoms with Crippen molar-refractivity contribution in [1.82, 2.24) is 10.6 Å². The summed E-state index contributed by atoms with van der Waals surface area (Å²) in [6.45, 7) is 0. The van der Waals surface area contributed by atoms with Crippen molar-refractivity contribution in [3.63, 3.8) is 0 Å². The molecule has 0 bridgehead atoms. The first kappa shape index (κ1) is 15.3. The number of benzene rings is 2. The van der Waals surface area contributed by atoms with Gasteiger partial charge in [-0.05, 0) is 24.0 Å². The topological polar surface area (TPSA) is 58.2 Å². The van der Waals surface area contributed by atoms with Crippen LogP contribution in [0.1, 0.15) is 36.4 Å². The van der Waals surface area contributed by atoms with E-state index in [0.717, 1.165) is 17.5 Å². The predicted octanol–water partition coefficient (Wildman–Crippen LogP) is 2.56. The summed E-state index contributed by atoms with van der Waals surface area (Å²) in [5.74, 6) is -0.178. The van der Waals surface area contributed by atoms with Crippen molar-refractivity contribution in [2.75, 3.05) is 0 Å². The Bertz CT molecular complexity index is 631. The zero-order chi connectivity index (χ0) is 16.1. The van der Waals surface area contributed by atoms with Gasteiger partial charge in [0.25, 0.3) is 0 Å². The van der Waals surface area contributed by atoms with Crippen LogP contribution < -0.4 is 10.6 Å². The molecule has 0 aromatic heterocycles. The van der Waals surface area contributed by atoms with Crippen LogP contribution in [-0.2, 0) is 9.59 Å². The van der Waals surface area contributed by atoms with Crippen molar-refractivity contribution in [2.24, 2.45) is 0 Å². The number of carbonyl (C=O) groups excluding carboxylic acids is 2. The summed E-state index contributed by atoms with van der Waals surface area (Å²) in [5, 5.41) is 5.86. The summed E-state index contributed by atoms with van der Waals surface area (Å²) in [6, 6.07) is 19.1. The molecule has 1 aliphatic rings. The number of amides is 2. The summed E-state index contributed by atoms with van der Waals surface area (Å²) < 4.78 is 0. The van der Waals surface area contributed by atoms with Crippen molar-refractivity contribution in [2.45, 2.75) is 31.3 Å². The SMILES string of the molecule is O=C1CCC[C@H](C(=O)NC(c2ccccc2)c2ccccc2)N1. The van der Waals surface area contributed by atoms with E-state index in [4.69, 9.17) is 0 Å². The third kappa shape index (κ3) is 3.77.